The molecule has 1 aliphatic rings. The number of rotatable bonds is 3. The van der Waals surface area contributed by atoms with Crippen LogP contribution in [-0.2, 0) is 14.8 Å². The smallest absolute Gasteiger partial charge is 0.328 e. The topological polar surface area (TPSA) is 74.7 Å². The Morgan fingerprint density at radius 1 is 1.39 bits per heavy atom. The first-order valence-electron chi connectivity index (χ1n) is 5.50. The third kappa shape index (κ3) is 2.70. The van der Waals surface area contributed by atoms with E-state index in [1.165, 1.54) is 10.4 Å². The van der Waals surface area contributed by atoms with Crippen molar-refractivity contribution in [3.8, 4) is 0 Å². The predicted octanol–water partition coefficient (Wildman–Crippen LogP) is 1.32. The van der Waals surface area contributed by atoms with E-state index in [0.29, 0.717) is 24.2 Å². The van der Waals surface area contributed by atoms with Crippen molar-refractivity contribution < 1.29 is 18.3 Å². The van der Waals surface area contributed by atoms with Gasteiger partial charge in [0.05, 0.1) is 11.4 Å². The zero-order valence-electron chi connectivity index (χ0n) is 9.61. The van der Waals surface area contributed by atoms with Crippen LogP contribution in [-0.4, -0.2) is 31.8 Å². The van der Waals surface area contributed by atoms with Gasteiger partial charge in [0.1, 0.15) is 0 Å². The molecule has 0 atom stereocenters. The minimum Gasteiger partial charge on any atom is -0.478 e. The fourth-order valence-corrected chi connectivity index (χ4v) is 3.44. The van der Waals surface area contributed by atoms with Gasteiger partial charge in [-0.25, -0.2) is 13.2 Å². The second-order valence-corrected chi connectivity index (χ2v) is 6.02. The molecular weight excluding hydrogens is 254 g/mol. The Morgan fingerprint density at radius 3 is 2.78 bits per heavy atom. The minimum atomic E-state index is -3.20. The lowest BCUT2D eigenvalue weighted by atomic mass is 10.2. The highest BCUT2D eigenvalue weighted by molar-refractivity contribution is 7.93. The molecule has 0 bridgehead atoms. The molecular formula is C12H13NO4S. The van der Waals surface area contributed by atoms with Crippen LogP contribution in [0.5, 0.6) is 0 Å². The maximum atomic E-state index is 11.8. The van der Waals surface area contributed by atoms with E-state index in [4.69, 9.17) is 5.11 Å². The molecule has 0 amide bonds. The highest BCUT2D eigenvalue weighted by Crippen LogP contribution is 2.25. The summed E-state index contributed by atoms with van der Waals surface area (Å²) in [6.07, 6.45) is 3.09. The summed E-state index contributed by atoms with van der Waals surface area (Å²) >= 11 is 0. The number of carbonyl (C=O) groups is 1. The molecule has 1 aromatic carbocycles. The first-order chi connectivity index (χ1) is 8.49. The molecule has 1 aliphatic heterocycles. The van der Waals surface area contributed by atoms with E-state index >= 15 is 0 Å². The predicted molar refractivity (Wildman–Crippen MR) is 68.9 cm³/mol. The van der Waals surface area contributed by atoms with Crippen LogP contribution in [0.3, 0.4) is 0 Å². The van der Waals surface area contributed by atoms with Gasteiger partial charge in [0, 0.05) is 12.6 Å². The number of anilines is 1. The summed E-state index contributed by atoms with van der Waals surface area (Å²) in [4.78, 5) is 10.4. The minimum absolute atomic E-state index is 0.169. The molecule has 1 N–H and O–H groups in total. The van der Waals surface area contributed by atoms with Gasteiger partial charge in [-0.05, 0) is 30.2 Å². The number of carboxylic acids is 1. The third-order valence-corrected chi connectivity index (χ3v) is 4.55. The van der Waals surface area contributed by atoms with E-state index in [2.05, 4.69) is 0 Å². The monoisotopic (exact) mass is 267 g/mol. The maximum absolute atomic E-state index is 11.8. The Bertz CT molecular complexity index is 592. The SMILES string of the molecule is O=C(O)C=Cc1cccc(N2CCCS2(=O)=O)c1. The number of nitrogens with zero attached hydrogens (tertiary/aromatic N) is 1. The van der Waals surface area contributed by atoms with Crippen LogP contribution in [0.4, 0.5) is 5.69 Å². The molecule has 0 radical (unpaired) electrons. The van der Waals surface area contributed by atoms with Gasteiger partial charge < -0.3 is 5.11 Å². The molecule has 5 nitrogen and oxygen atoms in total. The summed E-state index contributed by atoms with van der Waals surface area (Å²) in [5.41, 5.74) is 1.25. The van der Waals surface area contributed by atoms with Gasteiger partial charge in [-0.2, -0.15) is 0 Å². The molecule has 0 aliphatic carbocycles. The van der Waals surface area contributed by atoms with E-state index in [0.717, 1.165) is 6.08 Å². The fourth-order valence-electron chi connectivity index (χ4n) is 1.88. The van der Waals surface area contributed by atoms with Crippen molar-refractivity contribution in [2.24, 2.45) is 0 Å². The summed E-state index contributed by atoms with van der Waals surface area (Å²) in [6.45, 7) is 0.481. The Labute approximate surface area is 105 Å². The van der Waals surface area contributed by atoms with Crippen LogP contribution in [0.15, 0.2) is 30.3 Å². The third-order valence-electron chi connectivity index (χ3n) is 2.68. The standard InChI is InChI=1S/C12H13NO4S/c14-12(15)6-5-10-3-1-4-11(9-10)13-7-2-8-18(13,16)17/h1,3-6,9H,2,7-8H2,(H,14,15). The van der Waals surface area contributed by atoms with E-state index in [-0.39, 0.29) is 5.75 Å². The van der Waals surface area contributed by atoms with E-state index in [9.17, 15) is 13.2 Å². The number of benzene rings is 1. The zero-order chi connectivity index (χ0) is 13.2. The van der Waals surface area contributed by atoms with Gasteiger partial charge in [0.15, 0.2) is 0 Å². The van der Waals surface area contributed by atoms with Crippen LogP contribution in [0.2, 0.25) is 0 Å². The van der Waals surface area contributed by atoms with Crippen LogP contribution in [0.25, 0.3) is 6.08 Å². The number of hydrogen-bond acceptors (Lipinski definition) is 3. The highest BCUT2D eigenvalue weighted by Gasteiger charge is 2.28. The maximum Gasteiger partial charge on any atom is 0.328 e. The molecule has 0 saturated carbocycles. The number of hydrogen-bond donors (Lipinski definition) is 1. The summed E-state index contributed by atoms with van der Waals surface area (Å²) in [5.74, 6) is -0.864. The second kappa shape index (κ2) is 4.81. The molecule has 1 aromatic rings. The average Bonchev–Trinajstić information content (AvgIpc) is 2.67. The Kier molecular flexibility index (Phi) is 3.38. The van der Waals surface area contributed by atoms with Gasteiger partial charge in [-0.3, -0.25) is 4.31 Å². The molecule has 2 rings (SSSR count). The van der Waals surface area contributed by atoms with Gasteiger partial charge >= 0.3 is 5.97 Å². The molecule has 0 unspecified atom stereocenters. The summed E-state index contributed by atoms with van der Waals surface area (Å²) in [6, 6.07) is 6.82. The first-order valence-corrected chi connectivity index (χ1v) is 7.11. The Hall–Kier alpha value is -1.82. The van der Waals surface area contributed by atoms with E-state index in [1.807, 2.05) is 0 Å². The summed E-state index contributed by atoms with van der Waals surface area (Å²) < 4.78 is 24.9. The lowest BCUT2D eigenvalue weighted by Gasteiger charge is -2.17. The van der Waals surface area contributed by atoms with Crippen molar-refractivity contribution >= 4 is 27.8 Å². The number of aliphatic carboxylic acids is 1. The molecule has 1 saturated heterocycles. The van der Waals surface area contributed by atoms with Crippen molar-refractivity contribution in [2.75, 3.05) is 16.6 Å². The molecule has 1 fully saturated rings. The van der Waals surface area contributed by atoms with Crippen LogP contribution < -0.4 is 4.31 Å². The van der Waals surface area contributed by atoms with Crippen molar-refractivity contribution in [1.29, 1.82) is 0 Å². The Morgan fingerprint density at radius 2 is 2.17 bits per heavy atom. The lowest BCUT2D eigenvalue weighted by molar-refractivity contribution is -0.131. The zero-order valence-corrected chi connectivity index (χ0v) is 10.4. The van der Waals surface area contributed by atoms with Crippen molar-refractivity contribution in [2.45, 2.75) is 6.42 Å². The second-order valence-electron chi connectivity index (χ2n) is 4.01. The molecule has 6 heteroatoms. The van der Waals surface area contributed by atoms with E-state index < -0.39 is 16.0 Å². The fraction of sp³-hybridized carbons (Fsp3) is 0.250. The summed E-state index contributed by atoms with van der Waals surface area (Å²) in [5, 5.41) is 8.55. The van der Waals surface area contributed by atoms with Gasteiger partial charge in [-0.15, -0.1) is 0 Å². The summed E-state index contributed by atoms with van der Waals surface area (Å²) in [7, 11) is -3.20. The molecule has 18 heavy (non-hydrogen) atoms. The molecule has 0 aromatic heterocycles. The lowest BCUT2D eigenvalue weighted by Crippen LogP contribution is -2.24. The average molecular weight is 267 g/mol. The highest BCUT2D eigenvalue weighted by atomic mass is 32.2. The van der Waals surface area contributed by atoms with Crippen LogP contribution in [0.1, 0.15) is 12.0 Å². The largest absolute Gasteiger partial charge is 0.478 e. The van der Waals surface area contributed by atoms with Crippen molar-refractivity contribution in [1.82, 2.24) is 0 Å². The van der Waals surface area contributed by atoms with Gasteiger partial charge in [-0.1, -0.05) is 12.1 Å². The van der Waals surface area contributed by atoms with Gasteiger partial charge in [0.2, 0.25) is 10.0 Å². The molecule has 0 spiro atoms. The number of carboxylic acid groups (broad SMARTS) is 1. The Balaban J connectivity index is 2.30. The van der Waals surface area contributed by atoms with Gasteiger partial charge in [0.25, 0.3) is 0 Å². The molecule has 96 valence electrons. The van der Waals surface area contributed by atoms with E-state index in [1.54, 1.807) is 24.3 Å². The normalized spacial score (nSPS) is 18.3. The first kappa shape index (κ1) is 12.6. The van der Waals surface area contributed by atoms with Crippen LogP contribution in [0, 0.1) is 0 Å². The van der Waals surface area contributed by atoms with Crippen LogP contribution >= 0.6 is 0 Å². The van der Waals surface area contributed by atoms with Crippen molar-refractivity contribution in [3.05, 3.63) is 35.9 Å². The number of sulfonamides is 1. The molecule has 1 heterocycles. The van der Waals surface area contributed by atoms with Crippen molar-refractivity contribution in [3.63, 3.8) is 0 Å². The quantitative estimate of drug-likeness (QED) is 0.838.